The van der Waals surface area contributed by atoms with Gasteiger partial charge in [0, 0.05) is 38.2 Å². The number of hydrogen-bond acceptors (Lipinski definition) is 6. The molecule has 0 bridgehead atoms. The van der Waals surface area contributed by atoms with Crippen LogP contribution in [-0.2, 0) is 19.1 Å². The third-order valence-corrected chi connectivity index (χ3v) is 10.9. The van der Waals surface area contributed by atoms with E-state index in [9.17, 15) is 19.8 Å². The summed E-state index contributed by atoms with van der Waals surface area (Å²) in [6.07, 6.45) is 3.24. The first-order chi connectivity index (χ1) is 14.4. The number of hydrogen-bond donors (Lipinski definition) is 2. The molecule has 0 spiro atoms. The lowest BCUT2D eigenvalue weighted by molar-refractivity contribution is -0.252. The van der Waals surface area contributed by atoms with Gasteiger partial charge in [-0.15, -0.1) is 0 Å². The van der Waals surface area contributed by atoms with Crippen LogP contribution in [0.4, 0.5) is 0 Å². The summed E-state index contributed by atoms with van der Waals surface area (Å²) < 4.78 is 11.7. The Morgan fingerprint density at radius 3 is 2.35 bits per heavy atom. The molecule has 31 heavy (non-hydrogen) atoms. The Labute approximate surface area is 186 Å². The number of carbonyl (C=O) groups is 2. The van der Waals surface area contributed by atoms with E-state index < -0.39 is 16.9 Å². The van der Waals surface area contributed by atoms with Gasteiger partial charge in [-0.2, -0.15) is 0 Å². The van der Waals surface area contributed by atoms with Crippen LogP contribution in [0.15, 0.2) is 0 Å². The second-order valence-electron chi connectivity index (χ2n) is 11.8. The van der Waals surface area contributed by atoms with Crippen LogP contribution in [0, 0.1) is 39.4 Å². The van der Waals surface area contributed by atoms with E-state index in [1.54, 1.807) is 7.11 Å². The maximum absolute atomic E-state index is 12.9. The predicted octanol–water partition coefficient (Wildman–Crippen LogP) is 3.12. The van der Waals surface area contributed by atoms with E-state index in [1.807, 2.05) is 6.92 Å². The summed E-state index contributed by atoms with van der Waals surface area (Å²) in [4.78, 5) is 25.0. The van der Waals surface area contributed by atoms with Gasteiger partial charge >= 0.3 is 5.97 Å². The second kappa shape index (κ2) is 7.26. The summed E-state index contributed by atoms with van der Waals surface area (Å²) in [6, 6.07) is 0. The number of aliphatic hydroxyl groups excluding tert-OH is 2. The van der Waals surface area contributed by atoms with Crippen LogP contribution in [0.2, 0.25) is 0 Å². The standard InChI is InChI=1S/C25H40O6/c1-14(27)31-16-11-18-22(2)9-8-19(28)23(3,13-26)17(22)7-10-24(18,4)25(5)20(29)12-15(30-6)21(16)25/h15-18,20-21,26,29H,7-13H2,1-6H3/t15-,16+,17+,18+,20-,21-,22-,23-,24+,25+/m0/s1. The summed E-state index contributed by atoms with van der Waals surface area (Å²) in [5.41, 5.74) is -1.53. The fraction of sp³-hybridized carbons (Fsp3) is 0.920. The summed E-state index contributed by atoms with van der Waals surface area (Å²) >= 11 is 0. The molecule has 6 nitrogen and oxygen atoms in total. The predicted molar refractivity (Wildman–Crippen MR) is 115 cm³/mol. The molecule has 6 heteroatoms. The summed E-state index contributed by atoms with van der Waals surface area (Å²) in [5, 5.41) is 21.7. The van der Waals surface area contributed by atoms with Crippen molar-refractivity contribution < 1.29 is 29.3 Å². The fourth-order valence-corrected chi connectivity index (χ4v) is 9.11. The molecule has 0 unspecified atom stereocenters. The Morgan fingerprint density at radius 1 is 1.10 bits per heavy atom. The highest BCUT2D eigenvalue weighted by Gasteiger charge is 2.73. The molecule has 0 amide bonds. The van der Waals surface area contributed by atoms with Crippen LogP contribution in [0.5, 0.6) is 0 Å². The van der Waals surface area contributed by atoms with Gasteiger partial charge in [0.05, 0.1) is 24.2 Å². The molecule has 4 saturated carbocycles. The largest absolute Gasteiger partial charge is 0.462 e. The lowest BCUT2D eigenvalue weighted by atomic mass is 9.35. The van der Waals surface area contributed by atoms with Gasteiger partial charge < -0.3 is 19.7 Å². The number of ether oxygens (including phenoxy) is 2. The fourth-order valence-electron chi connectivity index (χ4n) is 9.11. The molecular formula is C25H40O6. The molecule has 2 N–H and O–H groups in total. The number of ketones is 1. The Hall–Kier alpha value is -0.980. The zero-order chi connectivity index (χ0) is 23.0. The number of methoxy groups -OCH3 is 1. The van der Waals surface area contributed by atoms with Crippen LogP contribution in [0.3, 0.4) is 0 Å². The second-order valence-corrected chi connectivity index (χ2v) is 11.8. The van der Waals surface area contributed by atoms with Crippen LogP contribution < -0.4 is 0 Å². The third-order valence-electron chi connectivity index (χ3n) is 10.9. The van der Waals surface area contributed by atoms with Crippen molar-refractivity contribution in [2.75, 3.05) is 13.7 Å². The van der Waals surface area contributed by atoms with E-state index in [0.717, 1.165) is 19.3 Å². The van der Waals surface area contributed by atoms with Crippen molar-refractivity contribution in [2.24, 2.45) is 39.4 Å². The van der Waals surface area contributed by atoms with Crippen molar-refractivity contribution in [3.05, 3.63) is 0 Å². The Bertz CT molecular complexity index is 767. The normalized spacial score (nSPS) is 54.0. The zero-order valence-electron chi connectivity index (χ0n) is 19.9. The van der Waals surface area contributed by atoms with Gasteiger partial charge in [-0.3, -0.25) is 9.59 Å². The molecular weight excluding hydrogens is 396 g/mol. The maximum atomic E-state index is 12.9. The average molecular weight is 437 g/mol. The first kappa shape index (κ1) is 23.2. The Morgan fingerprint density at radius 2 is 1.77 bits per heavy atom. The van der Waals surface area contributed by atoms with Gasteiger partial charge in [-0.25, -0.2) is 0 Å². The van der Waals surface area contributed by atoms with Crippen molar-refractivity contribution in [1.82, 2.24) is 0 Å². The first-order valence-electron chi connectivity index (χ1n) is 11.9. The number of aliphatic hydroxyl groups is 2. The van der Waals surface area contributed by atoms with E-state index in [1.165, 1.54) is 6.92 Å². The van der Waals surface area contributed by atoms with Gasteiger partial charge in [-0.05, 0) is 48.3 Å². The van der Waals surface area contributed by atoms with Gasteiger partial charge in [0.15, 0.2) is 0 Å². The number of Topliss-reactive ketones (excluding diaryl/α,β-unsaturated/α-hetero) is 1. The van der Waals surface area contributed by atoms with Crippen LogP contribution in [-0.4, -0.2) is 54.0 Å². The summed E-state index contributed by atoms with van der Waals surface area (Å²) in [6.45, 7) is 10.0. The number of rotatable bonds is 3. The monoisotopic (exact) mass is 436 g/mol. The zero-order valence-corrected chi connectivity index (χ0v) is 19.9. The first-order valence-corrected chi connectivity index (χ1v) is 11.9. The van der Waals surface area contributed by atoms with E-state index in [0.29, 0.717) is 19.3 Å². The molecule has 10 atom stereocenters. The Kier molecular flexibility index (Phi) is 5.43. The quantitative estimate of drug-likeness (QED) is 0.661. The van der Waals surface area contributed by atoms with Crippen molar-refractivity contribution >= 4 is 11.8 Å². The molecule has 4 rings (SSSR count). The molecule has 0 aromatic carbocycles. The molecule has 176 valence electrons. The van der Waals surface area contributed by atoms with Crippen molar-refractivity contribution in [3.63, 3.8) is 0 Å². The van der Waals surface area contributed by atoms with Crippen molar-refractivity contribution in [3.8, 4) is 0 Å². The number of esters is 1. The minimum absolute atomic E-state index is 0.0627. The minimum atomic E-state index is -0.730. The highest BCUT2D eigenvalue weighted by Crippen LogP contribution is 2.74. The van der Waals surface area contributed by atoms with E-state index in [2.05, 4.69) is 20.8 Å². The smallest absolute Gasteiger partial charge is 0.302 e. The average Bonchev–Trinajstić information content (AvgIpc) is 2.98. The van der Waals surface area contributed by atoms with Crippen molar-refractivity contribution in [2.45, 2.75) is 91.5 Å². The minimum Gasteiger partial charge on any atom is -0.462 e. The van der Waals surface area contributed by atoms with E-state index in [4.69, 9.17) is 9.47 Å². The molecule has 4 aliphatic rings. The molecule has 4 fully saturated rings. The van der Waals surface area contributed by atoms with E-state index in [-0.39, 0.29) is 59.2 Å². The number of carbonyl (C=O) groups excluding carboxylic acids is 2. The topological polar surface area (TPSA) is 93.1 Å². The summed E-state index contributed by atoms with van der Waals surface area (Å²) in [7, 11) is 1.68. The molecule has 4 aliphatic carbocycles. The Balaban J connectivity index is 1.84. The molecule has 0 aromatic rings. The molecule has 0 heterocycles. The van der Waals surface area contributed by atoms with Crippen LogP contribution in [0.25, 0.3) is 0 Å². The maximum Gasteiger partial charge on any atom is 0.302 e. The lowest BCUT2D eigenvalue weighted by Gasteiger charge is -2.70. The lowest BCUT2D eigenvalue weighted by Crippen LogP contribution is -2.68. The van der Waals surface area contributed by atoms with Crippen LogP contribution >= 0.6 is 0 Å². The van der Waals surface area contributed by atoms with Gasteiger partial charge in [0.1, 0.15) is 11.9 Å². The molecule has 0 aromatic heterocycles. The third kappa shape index (κ3) is 2.80. The van der Waals surface area contributed by atoms with E-state index >= 15 is 0 Å². The van der Waals surface area contributed by atoms with Gasteiger partial charge in [0.2, 0.25) is 0 Å². The SMILES string of the molecule is CO[C@H]1C[C@H](O)[C@]2(C)[C@@H]1[C@H](OC(C)=O)C[C@@H]1[C@@]3(C)CCC(=O)[C@@](C)(CO)[C@@H]3CC[C@]12C. The molecule has 0 saturated heterocycles. The molecule has 0 aliphatic heterocycles. The molecule has 0 radical (unpaired) electrons. The highest BCUT2D eigenvalue weighted by molar-refractivity contribution is 5.86. The highest BCUT2D eigenvalue weighted by atomic mass is 16.5. The number of fused-ring (bicyclic) bond motifs is 5. The van der Waals surface area contributed by atoms with Gasteiger partial charge in [0.25, 0.3) is 0 Å². The van der Waals surface area contributed by atoms with Crippen LogP contribution in [0.1, 0.15) is 73.1 Å². The van der Waals surface area contributed by atoms with Crippen molar-refractivity contribution in [1.29, 1.82) is 0 Å². The van der Waals surface area contributed by atoms with Gasteiger partial charge in [-0.1, -0.05) is 27.7 Å². The summed E-state index contributed by atoms with van der Waals surface area (Å²) in [5.74, 6) is 0.0571.